The smallest absolute Gasteiger partial charge is 0.186 e. The standard InChI is InChI=1S/C25H21N5O2/c1-2-4-24-20(3-1)9-10-21(26-24)16-31-22-11-5-18(6-12-22)15-19-7-13-23(14-8-19)32-17-25-27-29-30-28-25/h1-14H,15-17H2,(H,27,28,29,30). The van der Waals surface area contributed by atoms with Crippen LogP contribution in [0.15, 0.2) is 84.9 Å². The minimum absolute atomic E-state index is 0.308. The third kappa shape index (κ3) is 4.89. The Morgan fingerprint density at radius 3 is 2.06 bits per heavy atom. The Labute approximate surface area is 185 Å². The van der Waals surface area contributed by atoms with E-state index in [0.29, 0.717) is 19.0 Å². The number of hydrogen-bond donors (Lipinski definition) is 1. The fourth-order valence-corrected chi connectivity index (χ4v) is 3.38. The second-order valence-electron chi connectivity index (χ2n) is 7.39. The molecule has 1 N–H and O–H groups in total. The summed E-state index contributed by atoms with van der Waals surface area (Å²) in [6.45, 7) is 0.748. The van der Waals surface area contributed by atoms with Crippen LogP contribution in [0.1, 0.15) is 22.6 Å². The number of aromatic nitrogens is 5. The van der Waals surface area contributed by atoms with E-state index < -0.39 is 0 Å². The number of fused-ring (bicyclic) bond motifs is 1. The van der Waals surface area contributed by atoms with Gasteiger partial charge in [-0.3, -0.25) is 0 Å². The van der Waals surface area contributed by atoms with Crippen molar-refractivity contribution in [1.29, 1.82) is 0 Å². The van der Waals surface area contributed by atoms with Crippen LogP contribution in [0, 0.1) is 0 Å². The summed E-state index contributed by atoms with van der Waals surface area (Å²) in [6, 6.07) is 28.4. The van der Waals surface area contributed by atoms with Crippen LogP contribution >= 0.6 is 0 Å². The molecular formula is C25H21N5O2. The van der Waals surface area contributed by atoms with Crippen molar-refractivity contribution in [2.75, 3.05) is 0 Å². The van der Waals surface area contributed by atoms with Crippen LogP contribution in [-0.2, 0) is 19.6 Å². The van der Waals surface area contributed by atoms with Gasteiger partial charge in [0.2, 0.25) is 0 Å². The Kier molecular flexibility index (Phi) is 5.70. The lowest BCUT2D eigenvalue weighted by Gasteiger charge is -2.09. The topological polar surface area (TPSA) is 85.8 Å². The summed E-state index contributed by atoms with van der Waals surface area (Å²) in [5.41, 5.74) is 4.31. The van der Waals surface area contributed by atoms with Crippen molar-refractivity contribution >= 4 is 10.9 Å². The molecule has 7 nitrogen and oxygen atoms in total. The van der Waals surface area contributed by atoms with Crippen molar-refractivity contribution in [3.8, 4) is 11.5 Å². The molecule has 0 amide bonds. The molecule has 0 unspecified atom stereocenters. The number of H-pyrrole nitrogens is 1. The summed E-state index contributed by atoms with van der Waals surface area (Å²) >= 11 is 0. The molecule has 2 heterocycles. The van der Waals surface area contributed by atoms with Gasteiger partial charge < -0.3 is 9.47 Å². The Bertz CT molecular complexity index is 1290. The molecule has 2 aromatic heterocycles. The lowest BCUT2D eigenvalue weighted by molar-refractivity contribution is 0.296. The maximum Gasteiger partial charge on any atom is 0.186 e. The summed E-state index contributed by atoms with van der Waals surface area (Å²) in [5, 5.41) is 14.7. The zero-order valence-electron chi connectivity index (χ0n) is 17.3. The Morgan fingerprint density at radius 1 is 0.688 bits per heavy atom. The van der Waals surface area contributed by atoms with E-state index in [1.165, 1.54) is 11.1 Å². The van der Waals surface area contributed by atoms with E-state index in [1.54, 1.807) is 0 Å². The molecule has 158 valence electrons. The van der Waals surface area contributed by atoms with E-state index in [4.69, 9.17) is 9.47 Å². The van der Waals surface area contributed by atoms with Crippen LogP contribution in [0.2, 0.25) is 0 Å². The normalized spacial score (nSPS) is 10.9. The molecule has 5 rings (SSSR count). The molecule has 32 heavy (non-hydrogen) atoms. The van der Waals surface area contributed by atoms with Gasteiger partial charge in [0.15, 0.2) is 5.82 Å². The molecule has 0 aliphatic heterocycles. The van der Waals surface area contributed by atoms with E-state index >= 15 is 0 Å². The fourth-order valence-electron chi connectivity index (χ4n) is 3.38. The number of nitrogens with one attached hydrogen (secondary N) is 1. The number of nitrogens with zero attached hydrogens (tertiary/aromatic N) is 4. The van der Waals surface area contributed by atoms with Gasteiger partial charge in [0.1, 0.15) is 24.7 Å². The molecule has 3 aromatic carbocycles. The molecule has 0 saturated carbocycles. The highest BCUT2D eigenvalue weighted by Gasteiger charge is 2.03. The van der Waals surface area contributed by atoms with Crippen molar-refractivity contribution in [1.82, 2.24) is 25.6 Å². The highest BCUT2D eigenvalue weighted by Crippen LogP contribution is 2.19. The predicted molar refractivity (Wildman–Crippen MR) is 120 cm³/mol. The van der Waals surface area contributed by atoms with E-state index in [9.17, 15) is 0 Å². The van der Waals surface area contributed by atoms with Gasteiger partial charge >= 0.3 is 0 Å². The van der Waals surface area contributed by atoms with Gasteiger partial charge in [-0.1, -0.05) is 48.5 Å². The number of aromatic amines is 1. The van der Waals surface area contributed by atoms with E-state index in [0.717, 1.165) is 34.5 Å². The van der Waals surface area contributed by atoms with E-state index in [-0.39, 0.29) is 0 Å². The molecule has 7 heteroatoms. The fraction of sp³-hybridized carbons (Fsp3) is 0.120. The first-order chi connectivity index (χ1) is 15.8. The van der Waals surface area contributed by atoms with Gasteiger partial charge in [0.05, 0.1) is 11.2 Å². The van der Waals surface area contributed by atoms with E-state index in [2.05, 4.69) is 62.0 Å². The molecule has 0 aliphatic rings. The average molecular weight is 423 g/mol. The largest absolute Gasteiger partial charge is 0.487 e. The Balaban J connectivity index is 1.14. The third-order valence-corrected chi connectivity index (χ3v) is 5.06. The average Bonchev–Trinajstić information content (AvgIpc) is 3.37. The molecule has 0 saturated heterocycles. The number of pyridine rings is 1. The van der Waals surface area contributed by atoms with Crippen molar-refractivity contribution in [2.45, 2.75) is 19.6 Å². The van der Waals surface area contributed by atoms with Crippen LogP contribution in [0.5, 0.6) is 11.5 Å². The summed E-state index contributed by atoms with van der Waals surface area (Å²) in [6.07, 6.45) is 0.832. The highest BCUT2D eigenvalue weighted by atomic mass is 16.5. The third-order valence-electron chi connectivity index (χ3n) is 5.06. The van der Waals surface area contributed by atoms with Crippen LogP contribution in [-0.4, -0.2) is 25.6 Å². The molecule has 0 spiro atoms. The maximum atomic E-state index is 5.92. The van der Waals surface area contributed by atoms with Crippen LogP contribution in [0.25, 0.3) is 10.9 Å². The van der Waals surface area contributed by atoms with Gasteiger partial charge in [-0.2, -0.15) is 0 Å². The Morgan fingerprint density at radius 2 is 1.38 bits per heavy atom. The zero-order valence-corrected chi connectivity index (χ0v) is 17.3. The molecule has 5 aromatic rings. The van der Waals surface area contributed by atoms with Gasteiger partial charge in [0, 0.05) is 5.39 Å². The number of rotatable bonds is 8. The molecule has 0 radical (unpaired) electrons. The molecule has 0 bridgehead atoms. The predicted octanol–water partition coefficient (Wildman–Crippen LogP) is 4.50. The van der Waals surface area contributed by atoms with Crippen molar-refractivity contribution in [2.24, 2.45) is 0 Å². The van der Waals surface area contributed by atoms with Crippen LogP contribution < -0.4 is 9.47 Å². The lowest BCUT2D eigenvalue weighted by atomic mass is 10.0. The van der Waals surface area contributed by atoms with Gasteiger partial charge in [0.25, 0.3) is 0 Å². The second kappa shape index (κ2) is 9.26. The summed E-state index contributed by atoms with van der Waals surface area (Å²) in [5.74, 6) is 2.19. The summed E-state index contributed by atoms with van der Waals surface area (Å²) < 4.78 is 11.6. The van der Waals surface area contributed by atoms with E-state index in [1.807, 2.05) is 48.5 Å². The first-order valence-corrected chi connectivity index (χ1v) is 10.3. The van der Waals surface area contributed by atoms with Gasteiger partial charge in [-0.15, -0.1) is 5.10 Å². The molecule has 0 fully saturated rings. The first-order valence-electron chi connectivity index (χ1n) is 10.3. The number of benzene rings is 3. The number of ether oxygens (including phenoxy) is 2. The number of para-hydroxylation sites is 1. The SMILES string of the molecule is c1ccc2nc(COc3ccc(Cc4ccc(OCc5nnn[nH]5)cc4)cc3)ccc2c1. The van der Waals surface area contributed by atoms with Crippen LogP contribution in [0.4, 0.5) is 0 Å². The number of hydrogen-bond acceptors (Lipinski definition) is 6. The monoisotopic (exact) mass is 423 g/mol. The summed E-state index contributed by atoms with van der Waals surface area (Å²) in [7, 11) is 0. The second-order valence-corrected chi connectivity index (χ2v) is 7.39. The number of tetrazole rings is 1. The minimum Gasteiger partial charge on any atom is -0.487 e. The first kappa shape index (κ1) is 19.7. The van der Waals surface area contributed by atoms with Gasteiger partial charge in [-0.25, -0.2) is 10.1 Å². The lowest BCUT2D eigenvalue weighted by Crippen LogP contribution is -1.99. The highest BCUT2D eigenvalue weighted by molar-refractivity contribution is 5.78. The van der Waals surface area contributed by atoms with Gasteiger partial charge in [-0.05, 0) is 64.4 Å². The maximum absolute atomic E-state index is 5.92. The zero-order chi connectivity index (χ0) is 21.6. The quantitative estimate of drug-likeness (QED) is 0.396. The van der Waals surface area contributed by atoms with Crippen LogP contribution in [0.3, 0.4) is 0 Å². The molecule has 0 aliphatic carbocycles. The molecule has 0 atom stereocenters. The molecular weight excluding hydrogens is 402 g/mol. The van der Waals surface area contributed by atoms with Crippen molar-refractivity contribution < 1.29 is 9.47 Å². The van der Waals surface area contributed by atoms with Crippen molar-refractivity contribution in [3.63, 3.8) is 0 Å². The minimum atomic E-state index is 0.308. The summed E-state index contributed by atoms with van der Waals surface area (Å²) in [4.78, 5) is 4.65. The van der Waals surface area contributed by atoms with Crippen molar-refractivity contribution in [3.05, 3.63) is 108 Å². The Hall–Kier alpha value is -4.26.